The van der Waals surface area contributed by atoms with Crippen LogP contribution in [-0.4, -0.2) is 5.16 Å². The molecule has 0 spiro atoms. The number of nitrogens with two attached hydrogens (primary N) is 1. The van der Waals surface area contributed by atoms with Crippen LogP contribution in [0.1, 0.15) is 5.76 Å². The minimum Gasteiger partial charge on any atom is -0.360 e. The van der Waals surface area contributed by atoms with Crippen LogP contribution in [-0.2, 0) is 6.54 Å². The summed E-state index contributed by atoms with van der Waals surface area (Å²) in [5.41, 5.74) is 5.16. The largest absolute Gasteiger partial charge is 0.360 e. The number of hydrogen-bond donors (Lipinski definition) is 1. The van der Waals surface area contributed by atoms with E-state index in [4.69, 9.17) is 5.73 Å². The molecule has 1 rings (SSSR count). The first-order valence-electron chi connectivity index (χ1n) is 2.03. The van der Waals surface area contributed by atoms with Crippen molar-refractivity contribution >= 4 is 12.4 Å². The molecule has 0 aliphatic rings. The van der Waals surface area contributed by atoms with Crippen LogP contribution >= 0.6 is 12.4 Å². The molecular formula is C4H7ClN2O. The van der Waals surface area contributed by atoms with E-state index in [1.54, 1.807) is 12.3 Å². The second-order valence-corrected chi connectivity index (χ2v) is 1.18. The maximum atomic E-state index is 5.16. The van der Waals surface area contributed by atoms with E-state index in [1.807, 2.05) is 0 Å². The molecule has 46 valence electrons. The van der Waals surface area contributed by atoms with Gasteiger partial charge in [-0.15, -0.1) is 12.4 Å². The molecule has 0 saturated carbocycles. The van der Waals surface area contributed by atoms with Crippen molar-refractivity contribution in [3.8, 4) is 0 Å². The zero-order valence-corrected chi connectivity index (χ0v) is 5.02. The van der Waals surface area contributed by atoms with E-state index in [0.717, 1.165) is 5.76 Å². The fourth-order valence-electron chi connectivity index (χ4n) is 0.347. The SMILES string of the molecule is Cl.NCc1ccno1. The molecule has 0 saturated heterocycles. The Labute approximate surface area is 53.3 Å². The van der Waals surface area contributed by atoms with Crippen LogP contribution in [0.2, 0.25) is 0 Å². The first-order valence-corrected chi connectivity index (χ1v) is 2.03. The molecule has 1 heterocycles. The lowest BCUT2D eigenvalue weighted by Crippen LogP contribution is -1.92. The maximum Gasteiger partial charge on any atom is 0.150 e. The lowest BCUT2D eigenvalue weighted by Gasteiger charge is -1.77. The zero-order chi connectivity index (χ0) is 5.11. The maximum absolute atomic E-state index is 5.16. The van der Waals surface area contributed by atoms with E-state index in [0.29, 0.717) is 6.54 Å². The molecule has 0 radical (unpaired) electrons. The molecular weight excluding hydrogens is 128 g/mol. The number of hydrogen-bond acceptors (Lipinski definition) is 3. The van der Waals surface area contributed by atoms with Gasteiger partial charge in [-0.05, 0) is 0 Å². The molecule has 0 aliphatic heterocycles. The van der Waals surface area contributed by atoms with Crippen molar-refractivity contribution in [1.82, 2.24) is 5.16 Å². The summed E-state index contributed by atoms with van der Waals surface area (Å²) in [5.74, 6) is 0.722. The fraction of sp³-hybridized carbons (Fsp3) is 0.250. The van der Waals surface area contributed by atoms with Gasteiger partial charge in [0.2, 0.25) is 0 Å². The second kappa shape index (κ2) is 3.46. The van der Waals surface area contributed by atoms with Gasteiger partial charge in [0, 0.05) is 6.07 Å². The van der Waals surface area contributed by atoms with Gasteiger partial charge >= 0.3 is 0 Å². The van der Waals surface area contributed by atoms with E-state index >= 15 is 0 Å². The van der Waals surface area contributed by atoms with Crippen LogP contribution in [0.5, 0.6) is 0 Å². The summed E-state index contributed by atoms with van der Waals surface area (Å²) in [4.78, 5) is 0. The number of nitrogens with zero attached hydrogens (tertiary/aromatic N) is 1. The Morgan fingerprint density at radius 1 is 1.75 bits per heavy atom. The zero-order valence-electron chi connectivity index (χ0n) is 4.20. The smallest absolute Gasteiger partial charge is 0.150 e. The minimum atomic E-state index is 0. The molecule has 0 amide bonds. The van der Waals surface area contributed by atoms with Crippen molar-refractivity contribution < 1.29 is 4.52 Å². The molecule has 0 bridgehead atoms. The fourth-order valence-corrected chi connectivity index (χ4v) is 0.347. The summed E-state index contributed by atoms with van der Waals surface area (Å²) in [6, 6.07) is 1.74. The third-order valence-corrected chi connectivity index (χ3v) is 0.692. The average Bonchev–Trinajstić information content (AvgIpc) is 2.14. The first-order chi connectivity index (χ1) is 3.43. The Morgan fingerprint density at radius 3 is 2.75 bits per heavy atom. The Bertz CT molecular complexity index is 129. The predicted octanol–water partition coefficient (Wildman–Crippen LogP) is 0.555. The van der Waals surface area contributed by atoms with Gasteiger partial charge < -0.3 is 10.3 Å². The van der Waals surface area contributed by atoms with Crippen molar-refractivity contribution in [1.29, 1.82) is 0 Å². The highest BCUT2D eigenvalue weighted by atomic mass is 35.5. The number of aromatic nitrogens is 1. The van der Waals surface area contributed by atoms with Gasteiger partial charge in [-0.25, -0.2) is 0 Å². The monoisotopic (exact) mass is 134 g/mol. The van der Waals surface area contributed by atoms with Crippen molar-refractivity contribution in [2.24, 2.45) is 5.73 Å². The van der Waals surface area contributed by atoms with Gasteiger partial charge in [0.05, 0.1) is 12.7 Å². The second-order valence-electron chi connectivity index (χ2n) is 1.18. The van der Waals surface area contributed by atoms with E-state index in [9.17, 15) is 0 Å². The van der Waals surface area contributed by atoms with Crippen LogP contribution in [0.3, 0.4) is 0 Å². The Balaban J connectivity index is 0.000000490. The quantitative estimate of drug-likeness (QED) is 0.611. The highest BCUT2D eigenvalue weighted by Crippen LogP contribution is 1.91. The van der Waals surface area contributed by atoms with E-state index in [1.165, 1.54) is 0 Å². The summed E-state index contributed by atoms with van der Waals surface area (Å²) >= 11 is 0. The summed E-state index contributed by atoms with van der Waals surface area (Å²) in [7, 11) is 0. The lowest BCUT2D eigenvalue weighted by atomic mass is 10.5. The molecule has 1 aromatic rings. The van der Waals surface area contributed by atoms with Crippen molar-refractivity contribution in [3.63, 3.8) is 0 Å². The summed E-state index contributed by atoms with van der Waals surface area (Å²) < 4.78 is 4.61. The van der Waals surface area contributed by atoms with Crippen molar-refractivity contribution in [2.45, 2.75) is 6.54 Å². The molecule has 0 atom stereocenters. The van der Waals surface area contributed by atoms with Crippen LogP contribution in [0.25, 0.3) is 0 Å². The summed E-state index contributed by atoms with van der Waals surface area (Å²) in [5, 5.41) is 3.44. The van der Waals surface area contributed by atoms with Crippen LogP contribution in [0, 0.1) is 0 Å². The highest BCUT2D eigenvalue weighted by Gasteiger charge is 1.86. The van der Waals surface area contributed by atoms with E-state index in [2.05, 4.69) is 9.68 Å². The van der Waals surface area contributed by atoms with Crippen LogP contribution in [0.4, 0.5) is 0 Å². The Morgan fingerprint density at radius 2 is 2.50 bits per heavy atom. The van der Waals surface area contributed by atoms with Gasteiger partial charge in [0.25, 0.3) is 0 Å². The van der Waals surface area contributed by atoms with Crippen LogP contribution < -0.4 is 5.73 Å². The predicted molar refractivity (Wildman–Crippen MR) is 31.6 cm³/mol. The van der Waals surface area contributed by atoms with Crippen molar-refractivity contribution in [3.05, 3.63) is 18.0 Å². The van der Waals surface area contributed by atoms with Gasteiger partial charge in [-0.2, -0.15) is 0 Å². The summed E-state index contributed by atoms with van der Waals surface area (Å²) in [6.07, 6.45) is 1.57. The third-order valence-electron chi connectivity index (χ3n) is 0.692. The van der Waals surface area contributed by atoms with Gasteiger partial charge in [-0.1, -0.05) is 5.16 Å². The van der Waals surface area contributed by atoms with Gasteiger partial charge in [0.15, 0.2) is 0 Å². The molecule has 1 aromatic heterocycles. The number of rotatable bonds is 1. The first kappa shape index (κ1) is 7.46. The summed E-state index contributed by atoms with van der Waals surface area (Å²) in [6.45, 7) is 0.431. The Kier molecular flexibility index (Phi) is 3.23. The highest BCUT2D eigenvalue weighted by molar-refractivity contribution is 5.85. The molecule has 0 unspecified atom stereocenters. The van der Waals surface area contributed by atoms with Crippen LogP contribution in [0.15, 0.2) is 16.8 Å². The minimum absolute atomic E-state index is 0. The van der Waals surface area contributed by atoms with Gasteiger partial charge in [0.1, 0.15) is 5.76 Å². The molecule has 8 heavy (non-hydrogen) atoms. The van der Waals surface area contributed by atoms with E-state index < -0.39 is 0 Å². The molecule has 0 aromatic carbocycles. The standard InChI is InChI=1S/C4H6N2O.ClH/c5-3-4-1-2-6-7-4;/h1-2H,3,5H2;1H. The topological polar surface area (TPSA) is 52.0 Å². The molecule has 0 fully saturated rings. The molecule has 4 heteroatoms. The number of halogens is 1. The third kappa shape index (κ3) is 1.52. The van der Waals surface area contributed by atoms with Gasteiger partial charge in [-0.3, -0.25) is 0 Å². The van der Waals surface area contributed by atoms with Crippen molar-refractivity contribution in [2.75, 3.05) is 0 Å². The molecule has 3 nitrogen and oxygen atoms in total. The normalized spacial score (nSPS) is 8.12. The average molecular weight is 135 g/mol. The Hall–Kier alpha value is -0.540. The lowest BCUT2D eigenvalue weighted by molar-refractivity contribution is 0.385. The molecule has 2 N–H and O–H groups in total. The molecule has 0 aliphatic carbocycles. The van der Waals surface area contributed by atoms with E-state index in [-0.39, 0.29) is 12.4 Å².